The Bertz CT molecular complexity index is 554. The number of ether oxygens (including phenoxy) is 1. The van der Waals surface area contributed by atoms with E-state index in [2.05, 4.69) is 5.32 Å². The van der Waals surface area contributed by atoms with Crippen molar-refractivity contribution >= 4 is 11.6 Å². The molecule has 2 aromatic carbocycles. The second-order valence-corrected chi connectivity index (χ2v) is 4.11. The lowest BCUT2D eigenvalue weighted by molar-refractivity contribution is -0.122. The molecule has 1 unspecified atom stereocenters. The molecule has 2 N–H and O–H groups in total. The van der Waals surface area contributed by atoms with E-state index in [0.29, 0.717) is 5.75 Å². The number of amides is 1. The number of carbonyl (C=O) groups is 1. The molecular weight excluding hydrogens is 242 g/mol. The van der Waals surface area contributed by atoms with Gasteiger partial charge in [0, 0.05) is 11.8 Å². The van der Waals surface area contributed by atoms with Crippen LogP contribution < -0.4 is 10.1 Å². The molecule has 4 heteroatoms. The monoisotopic (exact) mass is 257 g/mol. The van der Waals surface area contributed by atoms with Crippen molar-refractivity contribution in [3.8, 4) is 11.5 Å². The molecule has 2 rings (SSSR count). The predicted molar refractivity (Wildman–Crippen MR) is 73.3 cm³/mol. The zero-order valence-corrected chi connectivity index (χ0v) is 10.5. The van der Waals surface area contributed by atoms with Gasteiger partial charge >= 0.3 is 0 Å². The number of rotatable bonds is 4. The fourth-order valence-electron chi connectivity index (χ4n) is 1.58. The number of para-hydroxylation sites is 1. The van der Waals surface area contributed by atoms with Gasteiger partial charge < -0.3 is 15.2 Å². The Morgan fingerprint density at radius 1 is 1.16 bits per heavy atom. The molecule has 0 saturated heterocycles. The lowest BCUT2D eigenvalue weighted by Gasteiger charge is -2.14. The minimum atomic E-state index is -0.651. The summed E-state index contributed by atoms with van der Waals surface area (Å²) in [7, 11) is 0. The minimum absolute atomic E-state index is 0.105. The van der Waals surface area contributed by atoms with Gasteiger partial charge in [0.05, 0.1) is 0 Å². The van der Waals surface area contributed by atoms with Gasteiger partial charge in [0.25, 0.3) is 5.91 Å². The predicted octanol–water partition coefficient (Wildman–Crippen LogP) is 2.80. The number of phenolic OH excluding ortho intramolecular Hbond substituents is 1. The van der Waals surface area contributed by atoms with Crippen LogP contribution in [0, 0.1) is 0 Å². The van der Waals surface area contributed by atoms with Crippen LogP contribution in [0.15, 0.2) is 54.6 Å². The van der Waals surface area contributed by atoms with Crippen molar-refractivity contribution in [2.45, 2.75) is 13.0 Å². The molecule has 98 valence electrons. The molecule has 0 aliphatic carbocycles. The van der Waals surface area contributed by atoms with Gasteiger partial charge in [-0.15, -0.1) is 0 Å². The van der Waals surface area contributed by atoms with Crippen LogP contribution in [0.25, 0.3) is 0 Å². The number of benzene rings is 2. The maximum Gasteiger partial charge on any atom is 0.265 e. The van der Waals surface area contributed by atoms with Gasteiger partial charge in [-0.2, -0.15) is 0 Å². The first-order chi connectivity index (χ1) is 9.15. The Morgan fingerprint density at radius 2 is 1.89 bits per heavy atom. The molecular formula is C15H15NO3. The average molecular weight is 257 g/mol. The quantitative estimate of drug-likeness (QED) is 0.885. The van der Waals surface area contributed by atoms with Crippen molar-refractivity contribution in [3.63, 3.8) is 0 Å². The van der Waals surface area contributed by atoms with Crippen LogP contribution in [0.1, 0.15) is 6.92 Å². The Hall–Kier alpha value is -2.49. The molecule has 0 radical (unpaired) electrons. The van der Waals surface area contributed by atoms with Crippen LogP contribution in [-0.2, 0) is 4.79 Å². The number of anilines is 1. The van der Waals surface area contributed by atoms with Crippen molar-refractivity contribution in [1.82, 2.24) is 0 Å². The summed E-state index contributed by atoms with van der Waals surface area (Å²) < 4.78 is 5.46. The van der Waals surface area contributed by atoms with Crippen molar-refractivity contribution in [2.75, 3.05) is 5.32 Å². The Kier molecular flexibility index (Phi) is 4.03. The van der Waals surface area contributed by atoms with E-state index in [1.807, 2.05) is 18.2 Å². The second-order valence-electron chi connectivity index (χ2n) is 4.11. The van der Waals surface area contributed by atoms with Crippen molar-refractivity contribution < 1.29 is 14.6 Å². The molecule has 1 atom stereocenters. The van der Waals surface area contributed by atoms with E-state index in [0.717, 1.165) is 5.69 Å². The molecule has 2 aromatic rings. The molecule has 0 fully saturated rings. The van der Waals surface area contributed by atoms with Gasteiger partial charge in [0.1, 0.15) is 11.5 Å². The molecule has 0 aliphatic rings. The average Bonchev–Trinajstić information content (AvgIpc) is 2.40. The molecule has 0 saturated carbocycles. The maximum atomic E-state index is 11.9. The summed E-state index contributed by atoms with van der Waals surface area (Å²) in [5.41, 5.74) is 0.721. The lowest BCUT2D eigenvalue weighted by atomic mass is 10.3. The standard InChI is InChI=1S/C15H15NO3/c1-11(19-14-9-5-8-13(17)10-14)15(18)16-12-6-3-2-4-7-12/h2-11,17H,1H3,(H,16,18). The molecule has 0 aromatic heterocycles. The zero-order valence-electron chi connectivity index (χ0n) is 10.5. The third-order valence-corrected chi connectivity index (χ3v) is 2.54. The van der Waals surface area contributed by atoms with Crippen molar-refractivity contribution in [3.05, 3.63) is 54.6 Å². The molecule has 4 nitrogen and oxygen atoms in total. The smallest absolute Gasteiger partial charge is 0.265 e. The first kappa shape index (κ1) is 13.0. The van der Waals surface area contributed by atoms with Crippen LogP contribution >= 0.6 is 0 Å². The molecule has 0 heterocycles. The van der Waals surface area contributed by atoms with Crippen LogP contribution in [0.5, 0.6) is 11.5 Å². The van der Waals surface area contributed by atoms with Crippen molar-refractivity contribution in [1.29, 1.82) is 0 Å². The van der Waals surface area contributed by atoms with E-state index < -0.39 is 6.10 Å². The number of hydrogen-bond donors (Lipinski definition) is 2. The van der Waals surface area contributed by atoms with Crippen LogP contribution in [-0.4, -0.2) is 17.1 Å². The van der Waals surface area contributed by atoms with Gasteiger partial charge in [0.15, 0.2) is 6.10 Å². The van der Waals surface area contributed by atoms with Gasteiger partial charge in [0.2, 0.25) is 0 Å². The van der Waals surface area contributed by atoms with E-state index in [-0.39, 0.29) is 11.7 Å². The van der Waals surface area contributed by atoms with Crippen LogP contribution in [0.2, 0.25) is 0 Å². The molecule has 0 bridgehead atoms. The number of nitrogens with one attached hydrogen (secondary N) is 1. The first-order valence-corrected chi connectivity index (χ1v) is 5.97. The molecule has 0 spiro atoms. The summed E-state index contributed by atoms with van der Waals surface area (Å²) in [4.78, 5) is 11.9. The Morgan fingerprint density at radius 3 is 2.58 bits per heavy atom. The second kappa shape index (κ2) is 5.91. The molecule has 0 aliphatic heterocycles. The van der Waals surface area contributed by atoms with Crippen molar-refractivity contribution in [2.24, 2.45) is 0 Å². The molecule has 19 heavy (non-hydrogen) atoms. The first-order valence-electron chi connectivity index (χ1n) is 5.97. The van der Waals surface area contributed by atoms with E-state index >= 15 is 0 Å². The summed E-state index contributed by atoms with van der Waals surface area (Å²) in [5.74, 6) is 0.318. The highest BCUT2D eigenvalue weighted by Crippen LogP contribution is 2.19. The van der Waals surface area contributed by atoms with Gasteiger partial charge in [-0.1, -0.05) is 24.3 Å². The third-order valence-electron chi connectivity index (χ3n) is 2.54. The van der Waals surface area contributed by atoms with E-state index in [1.54, 1.807) is 37.3 Å². The third kappa shape index (κ3) is 3.74. The molecule has 1 amide bonds. The Labute approximate surface area is 111 Å². The summed E-state index contributed by atoms with van der Waals surface area (Å²) in [6, 6.07) is 15.5. The highest BCUT2D eigenvalue weighted by atomic mass is 16.5. The fraction of sp³-hybridized carbons (Fsp3) is 0.133. The highest BCUT2D eigenvalue weighted by molar-refractivity contribution is 5.94. The van der Waals surface area contributed by atoms with Crippen LogP contribution in [0.3, 0.4) is 0 Å². The highest BCUT2D eigenvalue weighted by Gasteiger charge is 2.14. The number of aromatic hydroxyl groups is 1. The number of hydrogen-bond acceptors (Lipinski definition) is 3. The summed E-state index contributed by atoms with van der Waals surface area (Å²) in [5, 5.41) is 12.1. The zero-order chi connectivity index (χ0) is 13.7. The van der Waals surface area contributed by atoms with Gasteiger partial charge in [-0.3, -0.25) is 4.79 Å². The minimum Gasteiger partial charge on any atom is -0.508 e. The van der Waals surface area contributed by atoms with E-state index in [1.165, 1.54) is 6.07 Å². The van der Waals surface area contributed by atoms with Gasteiger partial charge in [-0.05, 0) is 31.2 Å². The van der Waals surface area contributed by atoms with E-state index in [4.69, 9.17) is 4.74 Å². The summed E-state index contributed by atoms with van der Waals surface area (Å²) in [6.45, 7) is 1.66. The number of phenols is 1. The van der Waals surface area contributed by atoms with Gasteiger partial charge in [-0.25, -0.2) is 0 Å². The topological polar surface area (TPSA) is 58.6 Å². The van der Waals surface area contributed by atoms with Crippen LogP contribution in [0.4, 0.5) is 5.69 Å². The fourth-order valence-corrected chi connectivity index (χ4v) is 1.58. The van der Waals surface area contributed by atoms with E-state index in [9.17, 15) is 9.90 Å². The SMILES string of the molecule is CC(Oc1cccc(O)c1)C(=O)Nc1ccccc1. The largest absolute Gasteiger partial charge is 0.508 e. The summed E-state index contributed by atoms with van der Waals surface area (Å²) in [6.07, 6.45) is -0.651. The normalized spacial score (nSPS) is 11.6. The summed E-state index contributed by atoms with van der Waals surface area (Å²) >= 11 is 0. The maximum absolute atomic E-state index is 11.9. The number of carbonyl (C=O) groups excluding carboxylic acids is 1. The Balaban J connectivity index is 1.96. The lowest BCUT2D eigenvalue weighted by Crippen LogP contribution is -2.30.